The zero-order chi connectivity index (χ0) is 16.9. The van der Waals surface area contributed by atoms with Crippen LogP contribution in [0.1, 0.15) is 32.3 Å². The summed E-state index contributed by atoms with van der Waals surface area (Å²) in [7, 11) is -3.03. The first-order valence-corrected chi connectivity index (χ1v) is 9.65. The summed E-state index contributed by atoms with van der Waals surface area (Å²) < 4.78 is 28.7. The first-order chi connectivity index (χ1) is 10.8. The van der Waals surface area contributed by atoms with Gasteiger partial charge in [0.1, 0.15) is 0 Å². The van der Waals surface area contributed by atoms with Gasteiger partial charge in [-0.05, 0) is 44.4 Å². The number of carbonyl (C=O) groups excluding carboxylic acids is 1. The van der Waals surface area contributed by atoms with E-state index in [1.807, 2.05) is 32.0 Å². The minimum absolute atomic E-state index is 0.0166. The molecular weight excluding hydrogens is 316 g/mol. The fraction of sp³-hybridized carbons (Fsp3) is 0.562. The van der Waals surface area contributed by atoms with Crippen molar-refractivity contribution in [3.05, 3.63) is 29.8 Å². The van der Waals surface area contributed by atoms with E-state index in [-0.39, 0.29) is 29.7 Å². The van der Waals surface area contributed by atoms with E-state index in [9.17, 15) is 13.2 Å². The van der Waals surface area contributed by atoms with Crippen molar-refractivity contribution in [2.24, 2.45) is 0 Å². The van der Waals surface area contributed by atoms with Crippen molar-refractivity contribution < 1.29 is 17.9 Å². The number of hydrogen-bond acceptors (Lipinski definition) is 4. The molecule has 2 N–H and O–H groups in total. The van der Waals surface area contributed by atoms with E-state index in [4.69, 9.17) is 4.74 Å². The molecule has 128 valence electrons. The van der Waals surface area contributed by atoms with Gasteiger partial charge in [0.15, 0.2) is 9.84 Å². The third-order valence-electron chi connectivity index (χ3n) is 3.57. The molecule has 23 heavy (non-hydrogen) atoms. The van der Waals surface area contributed by atoms with Gasteiger partial charge in [-0.15, -0.1) is 0 Å². The lowest BCUT2D eigenvalue weighted by Gasteiger charge is -2.23. The standard InChI is InChI=1S/C16H24N2O4S/c1-12(2)22-10-13-5-3-6-14(9-13)17-16(19)18-15-7-4-8-23(20,21)11-15/h3,5-6,9,12,15H,4,7-8,10-11H2,1-2H3,(H2,17,18,19). The number of ether oxygens (including phenoxy) is 1. The second-order valence-corrected chi connectivity index (χ2v) is 8.34. The fourth-order valence-electron chi connectivity index (χ4n) is 2.49. The number of amides is 2. The molecule has 0 radical (unpaired) electrons. The minimum atomic E-state index is -3.03. The van der Waals surface area contributed by atoms with Crippen LogP contribution in [-0.4, -0.2) is 38.1 Å². The molecule has 1 aliphatic heterocycles. The molecule has 0 aliphatic carbocycles. The summed E-state index contributed by atoms with van der Waals surface area (Å²) in [4.78, 5) is 12.0. The van der Waals surface area contributed by atoms with Crippen LogP contribution >= 0.6 is 0 Å². The largest absolute Gasteiger partial charge is 0.374 e. The third kappa shape index (κ3) is 6.19. The molecule has 1 unspecified atom stereocenters. The van der Waals surface area contributed by atoms with Crippen LogP contribution in [0.3, 0.4) is 0 Å². The van der Waals surface area contributed by atoms with Crippen LogP contribution in [-0.2, 0) is 21.2 Å². The highest BCUT2D eigenvalue weighted by molar-refractivity contribution is 7.91. The van der Waals surface area contributed by atoms with Gasteiger partial charge in [-0.25, -0.2) is 13.2 Å². The van der Waals surface area contributed by atoms with Crippen molar-refractivity contribution in [3.8, 4) is 0 Å². The molecule has 1 aliphatic rings. The minimum Gasteiger partial charge on any atom is -0.374 e. The highest BCUT2D eigenvalue weighted by Gasteiger charge is 2.25. The van der Waals surface area contributed by atoms with Crippen LogP contribution < -0.4 is 10.6 Å². The molecule has 0 bridgehead atoms. The summed E-state index contributed by atoms with van der Waals surface area (Å²) >= 11 is 0. The van der Waals surface area contributed by atoms with Gasteiger partial charge in [0.2, 0.25) is 0 Å². The highest BCUT2D eigenvalue weighted by atomic mass is 32.2. The Morgan fingerprint density at radius 3 is 2.87 bits per heavy atom. The quantitative estimate of drug-likeness (QED) is 0.861. The first-order valence-electron chi connectivity index (χ1n) is 7.82. The monoisotopic (exact) mass is 340 g/mol. The summed E-state index contributed by atoms with van der Waals surface area (Å²) in [5.41, 5.74) is 1.63. The van der Waals surface area contributed by atoms with E-state index in [0.29, 0.717) is 25.1 Å². The van der Waals surface area contributed by atoms with Crippen LogP contribution in [0.2, 0.25) is 0 Å². The van der Waals surface area contributed by atoms with E-state index in [1.165, 1.54) is 0 Å². The molecule has 0 spiro atoms. The Labute approximate surface area is 137 Å². The SMILES string of the molecule is CC(C)OCc1cccc(NC(=O)NC2CCCS(=O)(=O)C2)c1. The second kappa shape index (κ2) is 7.79. The lowest BCUT2D eigenvalue weighted by atomic mass is 10.2. The number of rotatable bonds is 5. The van der Waals surface area contributed by atoms with Gasteiger partial charge in [-0.2, -0.15) is 0 Å². The molecule has 1 atom stereocenters. The molecule has 1 saturated heterocycles. The van der Waals surface area contributed by atoms with Crippen molar-refractivity contribution in [2.45, 2.75) is 45.4 Å². The van der Waals surface area contributed by atoms with Gasteiger partial charge < -0.3 is 15.4 Å². The van der Waals surface area contributed by atoms with Crippen molar-refractivity contribution in [2.75, 3.05) is 16.8 Å². The number of carbonyl (C=O) groups is 1. The Morgan fingerprint density at radius 1 is 1.39 bits per heavy atom. The van der Waals surface area contributed by atoms with Gasteiger partial charge in [-0.1, -0.05) is 12.1 Å². The van der Waals surface area contributed by atoms with Gasteiger partial charge in [0, 0.05) is 11.7 Å². The van der Waals surface area contributed by atoms with E-state index >= 15 is 0 Å². The van der Waals surface area contributed by atoms with Crippen molar-refractivity contribution in [3.63, 3.8) is 0 Å². The third-order valence-corrected chi connectivity index (χ3v) is 5.39. The Morgan fingerprint density at radius 2 is 2.17 bits per heavy atom. The predicted octanol–water partition coefficient (Wildman–Crippen LogP) is 2.31. The van der Waals surface area contributed by atoms with Crippen molar-refractivity contribution in [1.82, 2.24) is 5.32 Å². The predicted molar refractivity (Wildman–Crippen MR) is 90.2 cm³/mol. The summed E-state index contributed by atoms with van der Waals surface area (Å²) in [6, 6.07) is 6.71. The normalized spacial score (nSPS) is 20.2. The zero-order valence-electron chi connectivity index (χ0n) is 13.5. The molecule has 1 aromatic rings. The molecule has 1 fully saturated rings. The number of nitrogens with one attached hydrogen (secondary N) is 2. The molecule has 6 nitrogen and oxygen atoms in total. The number of anilines is 1. The van der Waals surface area contributed by atoms with Gasteiger partial charge >= 0.3 is 6.03 Å². The maximum atomic E-state index is 12.0. The Hall–Kier alpha value is -1.60. The lowest BCUT2D eigenvalue weighted by molar-refractivity contribution is 0.0657. The molecule has 1 aromatic carbocycles. The summed E-state index contributed by atoms with van der Waals surface area (Å²) in [5.74, 6) is 0.230. The van der Waals surface area contributed by atoms with Gasteiger partial charge in [0.05, 0.1) is 24.2 Å². The average molecular weight is 340 g/mol. The van der Waals surface area contributed by atoms with Gasteiger partial charge in [0.25, 0.3) is 0 Å². The van der Waals surface area contributed by atoms with E-state index < -0.39 is 9.84 Å². The molecule has 2 rings (SSSR count). The summed E-state index contributed by atoms with van der Waals surface area (Å²) in [5, 5.41) is 5.48. The summed E-state index contributed by atoms with van der Waals surface area (Å²) in [6.07, 6.45) is 1.42. The smallest absolute Gasteiger partial charge is 0.319 e. The topological polar surface area (TPSA) is 84.5 Å². The Balaban J connectivity index is 1.88. The molecule has 0 saturated carbocycles. The van der Waals surface area contributed by atoms with Crippen LogP contribution in [0.25, 0.3) is 0 Å². The van der Waals surface area contributed by atoms with Crippen LogP contribution in [0.15, 0.2) is 24.3 Å². The van der Waals surface area contributed by atoms with Crippen LogP contribution in [0.5, 0.6) is 0 Å². The van der Waals surface area contributed by atoms with Gasteiger partial charge in [-0.3, -0.25) is 0 Å². The second-order valence-electron chi connectivity index (χ2n) is 6.11. The average Bonchev–Trinajstić information content (AvgIpc) is 2.44. The van der Waals surface area contributed by atoms with E-state index in [1.54, 1.807) is 6.07 Å². The number of urea groups is 1. The zero-order valence-corrected chi connectivity index (χ0v) is 14.4. The Kier molecular flexibility index (Phi) is 6.01. The number of sulfone groups is 1. The number of hydrogen-bond donors (Lipinski definition) is 2. The maximum absolute atomic E-state index is 12.0. The van der Waals surface area contributed by atoms with Crippen molar-refractivity contribution >= 4 is 21.6 Å². The number of benzene rings is 1. The summed E-state index contributed by atoms with van der Waals surface area (Å²) in [6.45, 7) is 4.41. The van der Waals surface area contributed by atoms with E-state index in [0.717, 1.165) is 5.56 Å². The fourth-order valence-corrected chi connectivity index (χ4v) is 4.13. The Bertz CT molecular complexity index is 643. The lowest BCUT2D eigenvalue weighted by Crippen LogP contribution is -2.44. The molecular formula is C16H24N2O4S. The van der Waals surface area contributed by atoms with Crippen LogP contribution in [0.4, 0.5) is 10.5 Å². The molecule has 0 aromatic heterocycles. The van der Waals surface area contributed by atoms with Crippen molar-refractivity contribution in [1.29, 1.82) is 0 Å². The highest BCUT2D eigenvalue weighted by Crippen LogP contribution is 2.14. The molecule has 1 heterocycles. The maximum Gasteiger partial charge on any atom is 0.319 e. The van der Waals surface area contributed by atoms with Crippen LogP contribution in [0, 0.1) is 0 Å². The first kappa shape index (κ1) is 17.7. The van der Waals surface area contributed by atoms with E-state index in [2.05, 4.69) is 10.6 Å². The molecule has 2 amide bonds. The molecule has 7 heteroatoms.